The number of rotatable bonds is 7. The summed E-state index contributed by atoms with van der Waals surface area (Å²) in [7, 11) is 0. The molecule has 112 valence electrons. The Balaban J connectivity index is 1.89. The van der Waals surface area contributed by atoms with Crippen molar-refractivity contribution in [1.29, 1.82) is 0 Å². The summed E-state index contributed by atoms with van der Waals surface area (Å²) in [6.45, 7) is 3.35. The Morgan fingerprint density at radius 3 is 2.76 bits per heavy atom. The van der Waals surface area contributed by atoms with Gasteiger partial charge in [0.05, 0.1) is 11.9 Å². The fourth-order valence-corrected chi connectivity index (χ4v) is 2.33. The molecule has 1 aromatic carbocycles. The number of aryl methyl sites for hydroxylation is 2. The Morgan fingerprint density at radius 1 is 1.29 bits per heavy atom. The molecule has 0 saturated carbocycles. The first-order valence-corrected chi connectivity index (χ1v) is 7.63. The Hall–Kier alpha value is -1.81. The molecule has 0 saturated heterocycles. The second kappa shape index (κ2) is 7.84. The Labute approximate surface area is 129 Å². The van der Waals surface area contributed by atoms with E-state index >= 15 is 0 Å². The summed E-state index contributed by atoms with van der Waals surface area (Å²) in [6.07, 6.45) is 4.44. The zero-order chi connectivity index (χ0) is 15.1. The van der Waals surface area contributed by atoms with Crippen LogP contribution in [0.15, 0.2) is 41.3 Å². The normalized spacial score (nSPS) is 10.6. The van der Waals surface area contributed by atoms with Crippen molar-refractivity contribution in [3.63, 3.8) is 0 Å². The van der Waals surface area contributed by atoms with Crippen LogP contribution in [0.2, 0.25) is 5.02 Å². The van der Waals surface area contributed by atoms with Gasteiger partial charge in [0.2, 0.25) is 0 Å². The maximum Gasteiger partial charge on any atom is 0.287 e. The quantitative estimate of drug-likeness (QED) is 0.798. The number of hydrogen-bond acceptors (Lipinski definition) is 3. The third-order valence-corrected chi connectivity index (χ3v) is 3.59. The first-order valence-electron chi connectivity index (χ1n) is 7.25. The number of hydrogen-bond donors (Lipinski definition) is 1. The maximum absolute atomic E-state index is 12.0. The number of aromatic nitrogens is 2. The first-order chi connectivity index (χ1) is 10.2. The van der Waals surface area contributed by atoms with E-state index in [1.807, 2.05) is 25.1 Å². The molecule has 0 atom stereocenters. The molecule has 1 N–H and O–H groups in total. The van der Waals surface area contributed by atoms with Crippen LogP contribution in [0, 0.1) is 0 Å². The summed E-state index contributed by atoms with van der Waals surface area (Å²) in [5.74, 6) is 0. The van der Waals surface area contributed by atoms with E-state index in [9.17, 15) is 4.79 Å². The zero-order valence-electron chi connectivity index (χ0n) is 12.2. The standard InChI is InChI=1S/C16H20ClN3O/c1-2-11-20-16(21)15(17)14(12-19-20)18-10-6-9-13-7-4-3-5-8-13/h3-5,7-8,12,18H,2,6,9-11H2,1H3. The van der Waals surface area contributed by atoms with Crippen molar-refractivity contribution in [1.82, 2.24) is 9.78 Å². The van der Waals surface area contributed by atoms with E-state index in [-0.39, 0.29) is 10.6 Å². The van der Waals surface area contributed by atoms with Crippen molar-refractivity contribution in [2.45, 2.75) is 32.7 Å². The lowest BCUT2D eigenvalue weighted by Gasteiger charge is -2.09. The van der Waals surface area contributed by atoms with Gasteiger partial charge in [-0.1, -0.05) is 48.9 Å². The van der Waals surface area contributed by atoms with Gasteiger partial charge in [0.15, 0.2) is 0 Å². The van der Waals surface area contributed by atoms with E-state index in [0.29, 0.717) is 12.2 Å². The van der Waals surface area contributed by atoms with E-state index < -0.39 is 0 Å². The third kappa shape index (κ3) is 4.33. The molecule has 0 bridgehead atoms. The molecule has 0 radical (unpaired) electrons. The highest BCUT2D eigenvalue weighted by atomic mass is 35.5. The molecule has 2 aromatic rings. The summed E-state index contributed by atoms with van der Waals surface area (Å²) >= 11 is 6.09. The summed E-state index contributed by atoms with van der Waals surface area (Å²) in [4.78, 5) is 12.0. The van der Waals surface area contributed by atoms with E-state index in [1.165, 1.54) is 10.2 Å². The predicted molar refractivity (Wildman–Crippen MR) is 87.1 cm³/mol. The second-order valence-electron chi connectivity index (χ2n) is 4.92. The van der Waals surface area contributed by atoms with E-state index in [0.717, 1.165) is 25.8 Å². The highest BCUT2D eigenvalue weighted by Crippen LogP contribution is 2.15. The molecular weight excluding hydrogens is 286 g/mol. The average Bonchev–Trinajstić information content (AvgIpc) is 2.51. The highest BCUT2D eigenvalue weighted by Gasteiger charge is 2.08. The van der Waals surface area contributed by atoms with E-state index in [1.54, 1.807) is 6.20 Å². The zero-order valence-corrected chi connectivity index (χ0v) is 12.9. The van der Waals surface area contributed by atoms with Gasteiger partial charge in [-0.15, -0.1) is 0 Å². The molecule has 0 aliphatic heterocycles. The van der Waals surface area contributed by atoms with Crippen molar-refractivity contribution in [3.05, 3.63) is 57.5 Å². The molecule has 0 unspecified atom stereocenters. The maximum atomic E-state index is 12.0. The molecule has 21 heavy (non-hydrogen) atoms. The van der Waals surface area contributed by atoms with Crippen molar-refractivity contribution in [3.8, 4) is 0 Å². The average molecular weight is 306 g/mol. The summed E-state index contributed by atoms with van der Waals surface area (Å²) in [5, 5.41) is 7.53. The topological polar surface area (TPSA) is 46.9 Å². The minimum absolute atomic E-state index is 0.221. The van der Waals surface area contributed by atoms with Crippen LogP contribution in [0.3, 0.4) is 0 Å². The first kappa shape index (κ1) is 15.6. The van der Waals surface area contributed by atoms with Crippen LogP contribution in [-0.4, -0.2) is 16.3 Å². The third-order valence-electron chi connectivity index (χ3n) is 3.22. The van der Waals surface area contributed by atoms with Gasteiger partial charge in [-0.3, -0.25) is 4.79 Å². The summed E-state index contributed by atoms with van der Waals surface area (Å²) in [5.41, 5.74) is 1.69. The van der Waals surface area contributed by atoms with Crippen LogP contribution in [0.25, 0.3) is 0 Å². The fourth-order valence-electron chi connectivity index (χ4n) is 2.12. The van der Waals surface area contributed by atoms with E-state index in [2.05, 4.69) is 22.5 Å². The molecule has 0 spiro atoms. The molecule has 4 nitrogen and oxygen atoms in total. The number of nitrogens with zero attached hydrogens (tertiary/aromatic N) is 2. The van der Waals surface area contributed by atoms with Gasteiger partial charge in [-0.05, 0) is 24.8 Å². The van der Waals surface area contributed by atoms with Crippen LogP contribution in [0.1, 0.15) is 25.3 Å². The summed E-state index contributed by atoms with van der Waals surface area (Å²) < 4.78 is 1.40. The van der Waals surface area contributed by atoms with Crippen molar-refractivity contribution >= 4 is 17.3 Å². The smallest absolute Gasteiger partial charge is 0.287 e. The Bertz CT molecular complexity index is 625. The molecule has 0 aliphatic rings. The van der Waals surface area contributed by atoms with Gasteiger partial charge in [0.25, 0.3) is 5.56 Å². The molecule has 1 aromatic heterocycles. The molecule has 5 heteroatoms. The molecule has 2 rings (SSSR count). The van der Waals surface area contributed by atoms with Crippen molar-refractivity contribution < 1.29 is 0 Å². The lowest BCUT2D eigenvalue weighted by atomic mass is 10.1. The van der Waals surface area contributed by atoms with Crippen molar-refractivity contribution in [2.24, 2.45) is 0 Å². The van der Waals surface area contributed by atoms with Gasteiger partial charge in [0, 0.05) is 13.1 Å². The minimum atomic E-state index is -0.230. The van der Waals surface area contributed by atoms with Gasteiger partial charge < -0.3 is 5.32 Å². The fraction of sp³-hybridized carbons (Fsp3) is 0.375. The molecule has 0 aliphatic carbocycles. The lowest BCUT2D eigenvalue weighted by Crippen LogP contribution is -2.24. The minimum Gasteiger partial charge on any atom is -0.382 e. The predicted octanol–water partition coefficient (Wildman–Crippen LogP) is 3.35. The molecule has 1 heterocycles. The van der Waals surface area contributed by atoms with Gasteiger partial charge in [-0.25, -0.2) is 4.68 Å². The monoisotopic (exact) mass is 305 g/mol. The number of anilines is 1. The van der Waals surface area contributed by atoms with E-state index in [4.69, 9.17) is 11.6 Å². The van der Waals surface area contributed by atoms with Crippen LogP contribution in [0.4, 0.5) is 5.69 Å². The van der Waals surface area contributed by atoms with Crippen molar-refractivity contribution in [2.75, 3.05) is 11.9 Å². The van der Waals surface area contributed by atoms with Crippen LogP contribution < -0.4 is 10.9 Å². The SMILES string of the molecule is CCCn1ncc(NCCCc2ccccc2)c(Cl)c1=O. The number of halogens is 1. The largest absolute Gasteiger partial charge is 0.382 e. The van der Waals surface area contributed by atoms with Crippen LogP contribution in [0.5, 0.6) is 0 Å². The highest BCUT2D eigenvalue weighted by molar-refractivity contribution is 6.32. The Kier molecular flexibility index (Phi) is 5.81. The van der Waals surface area contributed by atoms with Crippen LogP contribution in [-0.2, 0) is 13.0 Å². The number of nitrogens with one attached hydrogen (secondary N) is 1. The lowest BCUT2D eigenvalue weighted by molar-refractivity contribution is 0.568. The van der Waals surface area contributed by atoms with Gasteiger partial charge in [-0.2, -0.15) is 5.10 Å². The summed E-state index contributed by atoms with van der Waals surface area (Å²) in [6, 6.07) is 10.3. The second-order valence-corrected chi connectivity index (χ2v) is 5.29. The number of benzene rings is 1. The van der Waals surface area contributed by atoms with Crippen LogP contribution >= 0.6 is 11.6 Å². The van der Waals surface area contributed by atoms with Gasteiger partial charge >= 0.3 is 0 Å². The molecule has 0 fully saturated rings. The molecular formula is C16H20ClN3O. The molecule has 0 amide bonds. The van der Waals surface area contributed by atoms with Gasteiger partial charge in [0.1, 0.15) is 5.02 Å². The Morgan fingerprint density at radius 2 is 2.05 bits per heavy atom.